The Morgan fingerprint density at radius 1 is 1.19 bits per heavy atom. The van der Waals surface area contributed by atoms with E-state index in [0.29, 0.717) is 11.0 Å². The lowest BCUT2D eigenvalue weighted by Crippen LogP contribution is -2.43. The Labute approximate surface area is 161 Å². The van der Waals surface area contributed by atoms with Crippen molar-refractivity contribution in [3.05, 3.63) is 29.6 Å². The van der Waals surface area contributed by atoms with Crippen LogP contribution in [0.1, 0.15) is 33.3 Å². The average molecular weight is 399 g/mol. The molecule has 0 spiro atoms. The lowest BCUT2D eigenvalue weighted by atomic mass is 9.78. The second-order valence-corrected chi connectivity index (χ2v) is 10.6. The van der Waals surface area contributed by atoms with E-state index >= 15 is 0 Å². The highest BCUT2D eigenvalue weighted by molar-refractivity contribution is 8.24. The maximum absolute atomic E-state index is 14.6. The van der Waals surface area contributed by atoms with Crippen molar-refractivity contribution < 1.29 is 27.6 Å². The van der Waals surface area contributed by atoms with Gasteiger partial charge in [0, 0.05) is 13.1 Å². The zero-order chi connectivity index (χ0) is 20.0. The van der Waals surface area contributed by atoms with Crippen molar-refractivity contribution in [2.24, 2.45) is 0 Å². The lowest BCUT2D eigenvalue weighted by Gasteiger charge is -2.41. The zero-order valence-electron chi connectivity index (χ0n) is 16.2. The summed E-state index contributed by atoms with van der Waals surface area (Å²) in [5, 5.41) is 0. The maximum Gasteiger partial charge on any atom is 0.494 e. The van der Waals surface area contributed by atoms with E-state index in [4.69, 9.17) is 9.31 Å². The Bertz CT molecular complexity index is 716. The van der Waals surface area contributed by atoms with Gasteiger partial charge in [-0.1, -0.05) is 12.1 Å². The minimum Gasteiger partial charge on any atom is -0.399 e. The normalized spacial score (nSPS) is 24.7. The van der Waals surface area contributed by atoms with Crippen molar-refractivity contribution in [1.82, 2.24) is 4.90 Å². The first kappa shape index (κ1) is 20.6. The summed E-state index contributed by atoms with van der Waals surface area (Å²) >= 11 is 0. The number of carbonyl (C=O) groups is 1. The van der Waals surface area contributed by atoms with Crippen LogP contribution in [0.3, 0.4) is 0 Å². The van der Waals surface area contributed by atoms with Crippen LogP contribution in [-0.2, 0) is 20.5 Å². The summed E-state index contributed by atoms with van der Waals surface area (Å²) in [5.74, 6) is -0.325. The molecular weight excluding hydrogens is 372 g/mol. The average Bonchev–Trinajstić information content (AvgIpc) is 2.77. The summed E-state index contributed by atoms with van der Waals surface area (Å²) in [5.41, 5.74) is -0.131. The summed E-state index contributed by atoms with van der Waals surface area (Å²) in [6.45, 7) is 8.31. The van der Waals surface area contributed by atoms with Crippen LogP contribution in [-0.4, -0.2) is 62.8 Å². The molecule has 0 radical (unpaired) electrons. The molecule has 27 heavy (non-hydrogen) atoms. The number of carbonyl (C=O) groups excluding carboxylic acids is 1. The van der Waals surface area contributed by atoms with Crippen LogP contribution in [0.25, 0.3) is 0 Å². The first-order chi connectivity index (χ1) is 12.4. The molecule has 1 aromatic carbocycles. The Balaban J connectivity index is 1.66. The molecule has 3 rings (SSSR count). The quantitative estimate of drug-likeness (QED) is 0.763. The highest BCUT2D eigenvalue weighted by Crippen LogP contribution is 2.40. The first-order valence-electron chi connectivity index (χ1n) is 9.06. The molecule has 2 aliphatic rings. The van der Waals surface area contributed by atoms with E-state index in [1.165, 1.54) is 6.07 Å². The molecule has 9 heteroatoms. The zero-order valence-corrected chi connectivity index (χ0v) is 17.0. The van der Waals surface area contributed by atoms with Gasteiger partial charge in [0.05, 0.1) is 29.1 Å². The summed E-state index contributed by atoms with van der Waals surface area (Å²) in [4.78, 5) is 14.0. The largest absolute Gasteiger partial charge is 0.494 e. The van der Waals surface area contributed by atoms with Gasteiger partial charge in [0.1, 0.15) is 5.82 Å². The fraction of sp³-hybridized carbons (Fsp3) is 0.611. The molecule has 2 heterocycles. The maximum atomic E-state index is 14.6. The smallest absolute Gasteiger partial charge is 0.399 e. The molecule has 0 atom stereocenters. The molecule has 0 aliphatic carbocycles. The van der Waals surface area contributed by atoms with E-state index in [-0.39, 0.29) is 36.9 Å². The van der Waals surface area contributed by atoms with Crippen molar-refractivity contribution in [3.8, 4) is 0 Å². The second-order valence-electron chi connectivity index (χ2n) is 8.21. The Hall–Kier alpha value is -1.13. The fourth-order valence-electron chi connectivity index (χ4n) is 3.08. The van der Waals surface area contributed by atoms with Gasteiger partial charge in [-0.25, -0.2) is 4.39 Å². The number of benzene rings is 1. The van der Waals surface area contributed by atoms with Crippen LogP contribution < -0.4 is 5.46 Å². The molecule has 2 saturated heterocycles. The van der Waals surface area contributed by atoms with Gasteiger partial charge in [0.25, 0.3) is 0 Å². The minimum atomic E-state index is -2.56. The highest BCUT2D eigenvalue weighted by Gasteiger charge is 2.51. The minimum absolute atomic E-state index is 0.0608. The van der Waals surface area contributed by atoms with E-state index in [9.17, 15) is 18.3 Å². The molecule has 150 valence electrons. The van der Waals surface area contributed by atoms with Crippen molar-refractivity contribution in [1.29, 1.82) is 0 Å². The topological polar surface area (TPSA) is 79.2 Å². The third-order valence-electron chi connectivity index (χ3n) is 5.67. The SMILES string of the molecule is CC1(C)OB(c2ccc(CC(=O)N3CCS(O)(O)CC3)c(F)c2)OC1(C)C. The summed E-state index contributed by atoms with van der Waals surface area (Å²) in [7, 11) is -3.21. The van der Waals surface area contributed by atoms with E-state index in [1.807, 2.05) is 27.7 Å². The first-order valence-corrected chi connectivity index (χ1v) is 10.9. The summed E-state index contributed by atoms with van der Waals surface area (Å²) < 4.78 is 45.7. The van der Waals surface area contributed by atoms with Crippen LogP contribution in [0.5, 0.6) is 0 Å². The number of rotatable bonds is 3. The molecule has 0 bridgehead atoms. The van der Waals surface area contributed by atoms with E-state index < -0.39 is 34.7 Å². The summed E-state index contributed by atoms with van der Waals surface area (Å²) in [6.07, 6.45) is -0.0608. The standard InChI is InChI=1S/C18H27BFNO5S/c1-17(2)18(3,4)26-19(25-17)14-6-5-13(15(20)12-14)11-16(22)21-7-9-27(23,24)10-8-21/h5-6,12,23-24H,7-11H2,1-4H3. The van der Waals surface area contributed by atoms with Crippen molar-refractivity contribution >= 4 is 29.1 Å². The van der Waals surface area contributed by atoms with Gasteiger partial charge in [-0.3, -0.25) is 13.9 Å². The van der Waals surface area contributed by atoms with Gasteiger partial charge in [0.2, 0.25) is 5.91 Å². The molecule has 1 aromatic rings. The molecule has 0 unspecified atom stereocenters. The monoisotopic (exact) mass is 399 g/mol. The van der Waals surface area contributed by atoms with Crippen LogP contribution in [0.4, 0.5) is 4.39 Å². The van der Waals surface area contributed by atoms with Gasteiger partial charge in [-0.15, -0.1) is 0 Å². The Morgan fingerprint density at radius 2 is 1.74 bits per heavy atom. The molecule has 2 aliphatic heterocycles. The summed E-state index contributed by atoms with van der Waals surface area (Å²) in [6, 6.07) is 4.67. The molecule has 6 nitrogen and oxygen atoms in total. The molecule has 0 aromatic heterocycles. The van der Waals surface area contributed by atoms with Crippen LogP contribution >= 0.6 is 10.6 Å². The Kier molecular flexibility index (Phi) is 5.37. The number of hydrogen-bond donors (Lipinski definition) is 2. The predicted molar refractivity (Wildman–Crippen MR) is 105 cm³/mol. The third-order valence-corrected chi connectivity index (χ3v) is 7.35. The van der Waals surface area contributed by atoms with E-state index in [0.717, 1.165) is 0 Å². The number of hydrogen-bond acceptors (Lipinski definition) is 5. The van der Waals surface area contributed by atoms with Gasteiger partial charge in [0.15, 0.2) is 0 Å². The molecule has 0 saturated carbocycles. The second kappa shape index (κ2) is 7.04. The number of amides is 1. The molecule has 1 amide bonds. The molecule has 2 fully saturated rings. The highest BCUT2D eigenvalue weighted by atomic mass is 32.3. The molecular formula is C18H27BFNO5S. The van der Waals surface area contributed by atoms with E-state index in [2.05, 4.69) is 0 Å². The van der Waals surface area contributed by atoms with Crippen LogP contribution in [0, 0.1) is 5.82 Å². The van der Waals surface area contributed by atoms with Crippen LogP contribution in [0.2, 0.25) is 0 Å². The van der Waals surface area contributed by atoms with Gasteiger partial charge >= 0.3 is 7.12 Å². The number of nitrogens with zero attached hydrogens (tertiary/aromatic N) is 1. The van der Waals surface area contributed by atoms with Crippen molar-refractivity contribution in [3.63, 3.8) is 0 Å². The Morgan fingerprint density at radius 3 is 2.26 bits per heavy atom. The van der Waals surface area contributed by atoms with E-state index in [1.54, 1.807) is 17.0 Å². The molecule has 2 N–H and O–H groups in total. The van der Waals surface area contributed by atoms with Crippen molar-refractivity contribution in [2.75, 3.05) is 24.6 Å². The van der Waals surface area contributed by atoms with Crippen molar-refractivity contribution in [2.45, 2.75) is 45.3 Å². The number of halogens is 1. The van der Waals surface area contributed by atoms with Crippen LogP contribution in [0.15, 0.2) is 18.2 Å². The predicted octanol–water partition coefficient (Wildman–Crippen LogP) is 2.26. The van der Waals surface area contributed by atoms with Gasteiger partial charge < -0.3 is 14.2 Å². The lowest BCUT2D eigenvalue weighted by molar-refractivity contribution is -0.130. The van der Waals surface area contributed by atoms with Gasteiger partial charge in [-0.2, -0.15) is 10.6 Å². The van der Waals surface area contributed by atoms with Gasteiger partial charge in [-0.05, 0) is 44.8 Å². The fourth-order valence-corrected chi connectivity index (χ4v) is 4.31. The third kappa shape index (κ3) is 4.32.